The number of rotatable bonds is 10. The monoisotopic (exact) mass is 478 g/mol. The van der Waals surface area contributed by atoms with Crippen LogP contribution in [-0.2, 0) is 17.7 Å². The van der Waals surface area contributed by atoms with Crippen LogP contribution >= 0.6 is 24.0 Å². The van der Waals surface area contributed by atoms with Crippen molar-refractivity contribution in [3.8, 4) is 0 Å². The lowest BCUT2D eigenvalue weighted by atomic mass is 10.1. The van der Waals surface area contributed by atoms with Crippen LogP contribution in [0.4, 0.5) is 0 Å². The SMILES string of the molecule is CCCCCN=C(NCCn1cnnc1CC)NC(C)C1CCCO1.I. The van der Waals surface area contributed by atoms with Crippen LogP contribution in [0.15, 0.2) is 11.3 Å². The molecule has 0 aliphatic carbocycles. The Morgan fingerprint density at radius 3 is 2.96 bits per heavy atom. The zero-order valence-electron chi connectivity index (χ0n) is 16.4. The van der Waals surface area contributed by atoms with Crippen LogP contribution in [0.3, 0.4) is 0 Å². The van der Waals surface area contributed by atoms with Crippen molar-refractivity contribution >= 4 is 29.9 Å². The normalized spacial score (nSPS) is 18.4. The number of aryl methyl sites for hydroxylation is 1. The van der Waals surface area contributed by atoms with E-state index in [9.17, 15) is 0 Å². The highest BCUT2D eigenvalue weighted by Crippen LogP contribution is 2.15. The summed E-state index contributed by atoms with van der Waals surface area (Å²) < 4.78 is 7.87. The summed E-state index contributed by atoms with van der Waals surface area (Å²) in [6, 6.07) is 0.265. The predicted molar refractivity (Wildman–Crippen MR) is 116 cm³/mol. The van der Waals surface area contributed by atoms with Gasteiger partial charge in [-0.3, -0.25) is 4.99 Å². The number of aliphatic imine (C=N–C) groups is 1. The fourth-order valence-corrected chi connectivity index (χ4v) is 3.04. The summed E-state index contributed by atoms with van der Waals surface area (Å²) in [5, 5.41) is 15.1. The molecule has 1 aliphatic rings. The van der Waals surface area contributed by atoms with Crippen LogP contribution < -0.4 is 10.6 Å². The number of halogens is 1. The van der Waals surface area contributed by atoms with Gasteiger partial charge >= 0.3 is 0 Å². The third-order valence-electron chi connectivity index (χ3n) is 4.58. The number of ether oxygens (including phenoxy) is 1. The van der Waals surface area contributed by atoms with Crippen LogP contribution in [0, 0.1) is 0 Å². The van der Waals surface area contributed by atoms with E-state index in [2.05, 4.69) is 46.2 Å². The fraction of sp³-hybridized carbons (Fsp3) is 0.833. The molecule has 2 rings (SSSR count). The van der Waals surface area contributed by atoms with Crippen LogP contribution in [0.1, 0.15) is 58.7 Å². The average molecular weight is 478 g/mol. The van der Waals surface area contributed by atoms with Crippen molar-refractivity contribution in [2.24, 2.45) is 4.99 Å². The highest BCUT2D eigenvalue weighted by atomic mass is 127. The molecule has 2 atom stereocenters. The van der Waals surface area contributed by atoms with Crippen molar-refractivity contribution in [3.05, 3.63) is 12.2 Å². The van der Waals surface area contributed by atoms with Gasteiger partial charge in [0.2, 0.25) is 0 Å². The summed E-state index contributed by atoms with van der Waals surface area (Å²) in [4.78, 5) is 4.73. The van der Waals surface area contributed by atoms with E-state index in [-0.39, 0.29) is 36.1 Å². The Morgan fingerprint density at radius 2 is 2.27 bits per heavy atom. The van der Waals surface area contributed by atoms with Crippen molar-refractivity contribution in [3.63, 3.8) is 0 Å². The molecule has 2 unspecified atom stereocenters. The second kappa shape index (κ2) is 13.3. The Balaban J connectivity index is 0.00000338. The Kier molecular flexibility index (Phi) is 11.8. The fourth-order valence-electron chi connectivity index (χ4n) is 3.04. The van der Waals surface area contributed by atoms with Gasteiger partial charge in [0.1, 0.15) is 12.2 Å². The van der Waals surface area contributed by atoms with E-state index < -0.39 is 0 Å². The van der Waals surface area contributed by atoms with Gasteiger partial charge < -0.3 is 19.9 Å². The van der Waals surface area contributed by atoms with Gasteiger partial charge in [-0.15, -0.1) is 34.2 Å². The average Bonchev–Trinajstić information content (AvgIpc) is 3.29. The summed E-state index contributed by atoms with van der Waals surface area (Å²) in [7, 11) is 0. The molecule has 1 saturated heterocycles. The molecule has 0 amide bonds. The molecule has 1 aromatic heterocycles. The molecule has 7 nitrogen and oxygen atoms in total. The third-order valence-corrected chi connectivity index (χ3v) is 4.58. The van der Waals surface area contributed by atoms with E-state index in [4.69, 9.17) is 9.73 Å². The van der Waals surface area contributed by atoms with Crippen molar-refractivity contribution in [2.75, 3.05) is 19.7 Å². The van der Waals surface area contributed by atoms with Crippen molar-refractivity contribution in [2.45, 2.75) is 78.0 Å². The summed E-state index contributed by atoms with van der Waals surface area (Å²) >= 11 is 0. The van der Waals surface area contributed by atoms with E-state index >= 15 is 0 Å². The number of hydrogen-bond donors (Lipinski definition) is 2. The van der Waals surface area contributed by atoms with E-state index in [0.29, 0.717) is 0 Å². The topological polar surface area (TPSA) is 76.4 Å². The van der Waals surface area contributed by atoms with Crippen LogP contribution in [0.25, 0.3) is 0 Å². The summed E-state index contributed by atoms with van der Waals surface area (Å²) in [5.74, 6) is 1.90. The van der Waals surface area contributed by atoms with Crippen molar-refractivity contribution in [1.29, 1.82) is 0 Å². The molecular weight excluding hydrogens is 443 g/mol. The third kappa shape index (κ3) is 7.77. The number of aromatic nitrogens is 3. The Morgan fingerprint density at radius 1 is 1.42 bits per heavy atom. The molecule has 1 fully saturated rings. The molecule has 0 spiro atoms. The molecule has 2 heterocycles. The van der Waals surface area contributed by atoms with Gasteiger partial charge in [-0.05, 0) is 26.2 Å². The van der Waals surface area contributed by atoms with E-state index in [1.165, 1.54) is 12.8 Å². The van der Waals surface area contributed by atoms with Gasteiger partial charge in [-0.2, -0.15) is 0 Å². The maximum absolute atomic E-state index is 5.79. The molecular formula is C18H35IN6O. The van der Waals surface area contributed by atoms with Crippen LogP contribution in [0.5, 0.6) is 0 Å². The summed E-state index contributed by atoms with van der Waals surface area (Å²) in [6.45, 7) is 9.84. The molecule has 1 aromatic rings. The zero-order chi connectivity index (χ0) is 17.9. The molecule has 0 radical (unpaired) electrons. The van der Waals surface area contributed by atoms with E-state index in [1.54, 1.807) is 6.33 Å². The van der Waals surface area contributed by atoms with Gasteiger partial charge in [0.05, 0.1) is 12.1 Å². The number of nitrogens with zero attached hydrogens (tertiary/aromatic N) is 4. The molecule has 0 bridgehead atoms. The lowest BCUT2D eigenvalue weighted by Gasteiger charge is -2.23. The standard InChI is InChI=1S/C18H34N6O.HI/c1-4-6-7-10-19-18(22-15(3)16-9-8-13-25-16)20-11-12-24-14-21-23-17(24)5-2;/h14-16H,4-13H2,1-3H3,(H2,19,20,22);1H. The lowest BCUT2D eigenvalue weighted by molar-refractivity contribution is 0.0890. The van der Waals surface area contributed by atoms with Gasteiger partial charge in [0, 0.05) is 32.7 Å². The molecule has 0 aromatic carbocycles. The van der Waals surface area contributed by atoms with E-state index in [0.717, 1.165) is 63.7 Å². The first-order valence-electron chi connectivity index (χ1n) is 9.77. The number of nitrogens with one attached hydrogen (secondary N) is 2. The Labute approximate surface area is 174 Å². The molecule has 0 saturated carbocycles. The lowest BCUT2D eigenvalue weighted by Crippen LogP contribution is -2.47. The first-order chi connectivity index (χ1) is 12.2. The summed E-state index contributed by atoms with van der Waals surface area (Å²) in [5.41, 5.74) is 0. The van der Waals surface area contributed by atoms with Gasteiger partial charge in [0.25, 0.3) is 0 Å². The minimum absolute atomic E-state index is 0. The maximum atomic E-state index is 5.79. The minimum Gasteiger partial charge on any atom is -0.376 e. The van der Waals surface area contributed by atoms with Gasteiger partial charge in [-0.25, -0.2) is 0 Å². The van der Waals surface area contributed by atoms with Crippen molar-refractivity contribution < 1.29 is 4.74 Å². The first-order valence-corrected chi connectivity index (χ1v) is 9.77. The Bertz CT molecular complexity index is 516. The van der Waals surface area contributed by atoms with E-state index in [1.807, 2.05) is 0 Å². The van der Waals surface area contributed by atoms with Crippen molar-refractivity contribution in [1.82, 2.24) is 25.4 Å². The minimum atomic E-state index is 0. The smallest absolute Gasteiger partial charge is 0.191 e. The zero-order valence-corrected chi connectivity index (χ0v) is 18.7. The molecule has 26 heavy (non-hydrogen) atoms. The quantitative estimate of drug-likeness (QED) is 0.234. The molecule has 150 valence electrons. The first kappa shape index (κ1) is 23.1. The number of unbranched alkanes of at least 4 members (excludes halogenated alkanes) is 2. The van der Waals surface area contributed by atoms with Gasteiger partial charge in [0.15, 0.2) is 5.96 Å². The number of hydrogen-bond acceptors (Lipinski definition) is 4. The largest absolute Gasteiger partial charge is 0.376 e. The highest BCUT2D eigenvalue weighted by Gasteiger charge is 2.22. The van der Waals surface area contributed by atoms with Crippen LogP contribution in [-0.4, -0.2) is 52.6 Å². The Hall–Kier alpha value is -0.900. The van der Waals surface area contributed by atoms with Gasteiger partial charge in [-0.1, -0.05) is 26.7 Å². The summed E-state index contributed by atoms with van der Waals surface area (Å²) in [6.07, 6.45) is 8.81. The maximum Gasteiger partial charge on any atom is 0.191 e. The molecule has 1 aliphatic heterocycles. The second-order valence-electron chi connectivity index (χ2n) is 6.64. The predicted octanol–water partition coefficient (Wildman–Crippen LogP) is 2.75. The molecule has 8 heteroatoms. The highest BCUT2D eigenvalue weighted by molar-refractivity contribution is 14.0. The van der Waals surface area contributed by atoms with Crippen LogP contribution in [0.2, 0.25) is 0 Å². The second-order valence-corrected chi connectivity index (χ2v) is 6.64. The number of guanidine groups is 1. The molecule has 2 N–H and O–H groups in total.